The molecule has 2 aromatic rings. The number of amides is 1. The highest BCUT2D eigenvalue weighted by molar-refractivity contribution is 5.83. The zero-order chi connectivity index (χ0) is 21.7. The lowest BCUT2D eigenvalue weighted by molar-refractivity contribution is -0.124. The highest BCUT2D eigenvalue weighted by Crippen LogP contribution is 2.64. The molecule has 2 bridgehead atoms. The van der Waals surface area contributed by atoms with E-state index in [1.165, 1.54) is 12.3 Å². The number of halogens is 1. The molecule has 31 heavy (non-hydrogen) atoms. The topological polar surface area (TPSA) is 102 Å². The summed E-state index contributed by atoms with van der Waals surface area (Å²) in [6, 6.07) is 11.5. The van der Waals surface area contributed by atoms with Crippen LogP contribution in [0.25, 0.3) is 11.1 Å². The van der Waals surface area contributed by atoms with Crippen molar-refractivity contribution in [3.05, 3.63) is 53.6 Å². The van der Waals surface area contributed by atoms with Crippen molar-refractivity contribution < 1.29 is 9.18 Å². The van der Waals surface area contributed by atoms with Gasteiger partial charge < -0.3 is 10.6 Å². The van der Waals surface area contributed by atoms with Crippen molar-refractivity contribution in [2.75, 3.05) is 0 Å². The molecule has 7 atom stereocenters. The van der Waals surface area contributed by atoms with Gasteiger partial charge in [-0.05, 0) is 59.4 Å². The molecule has 1 aromatic carbocycles. The number of piperidine rings is 1. The van der Waals surface area contributed by atoms with Crippen molar-refractivity contribution in [1.82, 2.24) is 15.6 Å². The number of carbonyl (C=O) groups is 1. The number of aromatic nitrogens is 1. The molecule has 1 saturated heterocycles. The molecular weight excluding hydrogens is 393 g/mol. The van der Waals surface area contributed by atoms with Crippen LogP contribution in [0.2, 0.25) is 0 Å². The first kappa shape index (κ1) is 19.7. The summed E-state index contributed by atoms with van der Waals surface area (Å²) in [7, 11) is 0. The molecule has 2 aliphatic carbocycles. The Balaban J connectivity index is 1.24. The highest BCUT2D eigenvalue weighted by atomic mass is 19.1. The van der Waals surface area contributed by atoms with Gasteiger partial charge in [0, 0.05) is 24.2 Å². The molecule has 2 saturated carbocycles. The van der Waals surface area contributed by atoms with Crippen LogP contribution >= 0.6 is 0 Å². The Morgan fingerprint density at radius 1 is 1.29 bits per heavy atom. The average molecular weight is 415 g/mol. The molecule has 156 valence electrons. The summed E-state index contributed by atoms with van der Waals surface area (Å²) in [5, 5.41) is 24.6. The maximum atomic E-state index is 14.7. The van der Waals surface area contributed by atoms with Crippen LogP contribution in [0.1, 0.15) is 24.6 Å². The van der Waals surface area contributed by atoms with Gasteiger partial charge in [0.25, 0.3) is 0 Å². The van der Waals surface area contributed by atoms with E-state index in [0.717, 1.165) is 6.42 Å². The molecule has 6 nitrogen and oxygen atoms in total. The molecule has 0 spiro atoms. The molecule has 1 aliphatic heterocycles. The van der Waals surface area contributed by atoms with Crippen LogP contribution < -0.4 is 10.6 Å². The van der Waals surface area contributed by atoms with Crippen molar-refractivity contribution in [2.45, 2.75) is 37.9 Å². The molecule has 1 aromatic heterocycles. The fourth-order valence-corrected chi connectivity index (χ4v) is 5.74. The lowest BCUT2D eigenvalue weighted by atomic mass is 9.94. The highest BCUT2D eigenvalue weighted by Gasteiger charge is 2.67. The summed E-state index contributed by atoms with van der Waals surface area (Å²) in [6.45, 7) is 2.24. The molecule has 2 N–H and O–H groups in total. The summed E-state index contributed by atoms with van der Waals surface area (Å²) in [6.07, 6.45) is 2.66. The predicted molar refractivity (Wildman–Crippen MR) is 111 cm³/mol. The molecule has 3 aliphatic rings. The minimum Gasteiger partial charge on any atom is -0.339 e. The lowest BCUT2D eigenvalue weighted by Crippen LogP contribution is -2.51. The number of carbonyl (C=O) groups excluding carboxylic acids is 1. The maximum absolute atomic E-state index is 14.7. The number of hydrogen-bond donors (Lipinski definition) is 2. The van der Waals surface area contributed by atoms with E-state index in [-0.39, 0.29) is 18.4 Å². The van der Waals surface area contributed by atoms with E-state index in [9.17, 15) is 14.4 Å². The van der Waals surface area contributed by atoms with Crippen LogP contribution in [0.15, 0.2) is 36.5 Å². The number of fused-ring (bicyclic) bond motifs is 5. The van der Waals surface area contributed by atoms with Gasteiger partial charge in [-0.3, -0.25) is 4.79 Å². The molecule has 2 heterocycles. The van der Waals surface area contributed by atoms with Crippen molar-refractivity contribution in [1.29, 1.82) is 10.5 Å². The first-order valence-electron chi connectivity index (χ1n) is 10.6. The average Bonchev–Trinajstić information content (AvgIpc) is 3.12. The van der Waals surface area contributed by atoms with E-state index in [4.69, 9.17) is 5.26 Å². The number of benzene rings is 1. The van der Waals surface area contributed by atoms with Gasteiger partial charge in [0.2, 0.25) is 5.91 Å². The molecule has 1 unspecified atom stereocenters. The Morgan fingerprint density at radius 3 is 2.74 bits per heavy atom. The third kappa shape index (κ3) is 3.36. The van der Waals surface area contributed by atoms with Crippen molar-refractivity contribution in [3.63, 3.8) is 0 Å². The van der Waals surface area contributed by atoms with E-state index in [1.807, 2.05) is 6.07 Å². The molecule has 7 heteroatoms. The van der Waals surface area contributed by atoms with E-state index >= 15 is 0 Å². The minimum absolute atomic E-state index is 0.100. The van der Waals surface area contributed by atoms with Crippen molar-refractivity contribution in [3.8, 4) is 23.3 Å². The maximum Gasteiger partial charge on any atom is 0.238 e. The Bertz CT molecular complexity index is 1120. The van der Waals surface area contributed by atoms with Crippen LogP contribution in [-0.4, -0.2) is 29.0 Å². The minimum atomic E-state index is -0.794. The lowest BCUT2D eigenvalue weighted by Gasteiger charge is -2.23. The fraction of sp³-hybridized carbons (Fsp3) is 0.417. The number of hydrogen-bond acceptors (Lipinski definition) is 5. The van der Waals surface area contributed by atoms with E-state index < -0.39 is 11.9 Å². The van der Waals surface area contributed by atoms with Gasteiger partial charge in [0.05, 0.1) is 12.1 Å². The van der Waals surface area contributed by atoms with Crippen LogP contribution in [0, 0.1) is 52.2 Å². The third-order valence-electron chi connectivity index (χ3n) is 7.27. The Hall–Kier alpha value is -3.29. The van der Waals surface area contributed by atoms with Crippen LogP contribution in [0.3, 0.4) is 0 Å². The summed E-state index contributed by atoms with van der Waals surface area (Å²) < 4.78 is 14.7. The van der Waals surface area contributed by atoms with Crippen LogP contribution in [0.4, 0.5) is 4.39 Å². The van der Waals surface area contributed by atoms with Gasteiger partial charge >= 0.3 is 0 Å². The van der Waals surface area contributed by atoms with Crippen LogP contribution in [0.5, 0.6) is 0 Å². The smallest absolute Gasteiger partial charge is 0.238 e. The Morgan fingerprint density at radius 2 is 2.10 bits per heavy atom. The third-order valence-corrected chi connectivity index (χ3v) is 7.27. The number of nitriles is 2. The van der Waals surface area contributed by atoms with Gasteiger partial charge in [0.1, 0.15) is 23.6 Å². The normalized spacial score (nSPS) is 30.7. The number of nitrogens with zero attached hydrogens (tertiary/aromatic N) is 3. The van der Waals surface area contributed by atoms with Crippen molar-refractivity contribution >= 4 is 5.91 Å². The summed E-state index contributed by atoms with van der Waals surface area (Å²) in [5.41, 5.74) is 2.00. The molecular formula is C24H22FN5O. The Labute approximate surface area is 180 Å². The zero-order valence-electron chi connectivity index (χ0n) is 17.0. The molecule has 1 amide bonds. The second-order valence-electron chi connectivity index (χ2n) is 8.91. The standard InChI is InChI=1S/C24H22FN5O/c1-12-21-18-8-20(22(12)21)30-23(18)24(31)29-17(10-27)6-14-3-2-13(7-19(14)25)15-4-5-16(9-26)28-11-15/h2-5,7,11-12,17-18,20-23,30H,6,8H2,1H3,(H,29,31)/t12-,17-,18-,20-,21?,22+,23-/m0/s1. The first-order chi connectivity index (χ1) is 15.0. The fourth-order valence-electron chi connectivity index (χ4n) is 5.74. The monoisotopic (exact) mass is 415 g/mol. The summed E-state index contributed by atoms with van der Waals surface area (Å²) in [4.78, 5) is 16.8. The van der Waals surface area contributed by atoms with Gasteiger partial charge in [-0.15, -0.1) is 0 Å². The second-order valence-corrected chi connectivity index (χ2v) is 8.91. The van der Waals surface area contributed by atoms with Gasteiger partial charge in [-0.25, -0.2) is 9.37 Å². The van der Waals surface area contributed by atoms with E-state index in [1.54, 1.807) is 24.3 Å². The molecule has 0 radical (unpaired) electrons. The zero-order valence-corrected chi connectivity index (χ0v) is 17.0. The number of rotatable bonds is 5. The van der Waals surface area contributed by atoms with E-state index in [0.29, 0.717) is 52.1 Å². The SMILES string of the molecule is C[C@H]1C2[C@H]1[C@@H]1C[C@@H]2[C@@H](C(=O)N[C@H](C#N)Cc2ccc(-c3ccc(C#N)nc3)cc2F)N1. The first-order valence-corrected chi connectivity index (χ1v) is 10.6. The Kier molecular flexibility index (Phi) is 4.72. The quantitative estimate of drug-likeness (QED) is 0.782. The van der Waals surface area contributed by atoms with Gasteiger partial charge in [0.15, 0.2) is 0 Å². The van der Waals surface area contributed by atoms with E-state index in [2.05, 4.69) is 28.6 Å². The molecule has 3 fully saturated rings. The van der Waals surface area contributed by atoms with Gasteiger partial charge in [-0.2, -0.15) is 10.5 Å². The second kappa shape index (κ2) is 7.44. The van der Waals surface area contributed by atoms with Crippen LogP contribution in [-0.2, 0) is 11.2 Å². The molecule has 5 rings (SSSR count). The number of nitrogens with one attached hydrogen (secondary N) is 2. The summed E-state index contributed by atoms with van der Waals surface area (Å²) >= 11 is 0. The largest absolute Gasteiger partial charge is 0.339 e. The van der Waals surface area contributed by atoms with Gasteiger partial charge in [-0.1, -0.05) is 19.1 Å². The van der Waals surface area contributed by atoms with Crippen molar-refractivity contribution in [2.24, 2.45) is 23.7 Å². The summed E-state index contributed by atoms with van der Waals surface area (Å²) in [5.74, 6) is 1.77. The predicted octanol–water partition coefficient (Wildman–Crippen LogP) is 2.55. The number of pyridine rings is 1.